The minimum Gasteiger partial charge on any atom is -0.288 e. The Labute approximate surface area is 92.3 Å². The maximum absolute atomic E-state index is 10.7. The van der Waals surface area contributed by atoms with Crippen LogP contribution in [0.2, 0.25) is 0 Å². The van der Waals surface area contributed by atoms with Crippen LogP contribution >= 0.6 is 11.8 Å². The number of rotatable bonds is 6. The summed E-state index contributed by atoms with van der Waals surface area (Å²) in [6, 6.07) is 0. The van der Waals surface area contributed by atoms with Gasteiger partial charge in [-0.1, -0.05) is 30.3 Å². The highest BCUT2D eigenvalue weighted by molar-refractivity contribution is 8.13. The van der Waals surface area contributed by atoms with Gasteiger partial charge in [0.25, 0.3) is 0 Å². The Kier molecular flexibility index (Phi) is 7.96. The fourth-order valence-corrected chi connectivity index (χ4v) is 2.01. The second kappa shape index (κ2) is 8.10. The van der Waals surface area contributed by atoms with Crippen LogP contribution in [0.3, 0.4) is 0 Å². The molecular weight excluding hydrogens is 192 g/mol. The van der Waals surface area contributed by atoms with Gasteiger partial charge in [0.2, 0.25) is 0 Å². The molecular formula is C12H22OS. The fraction of sp³-hybridized carbons (Fsp3) is 0.750. The maximum atomic E-state index is 10.7. The molecule has 0 aromatic carbocycles. The van der Waals surface area contributed by atoms with Crippen molar-refractivity contribution < 1.29 is 4.79 Å². The molecule has 0 radical (unpaired) electrons. The van der Waals surface area contributed by atoms with Crippen molar-refractivity contribution in [2.45, 2.75) is 47.0 Å². The zero-order valence-electron chi connectivity index (χ0n) is 9.80. The first-order valence-electron chi connectivity index (χ1n) is 5.29. The number of carbonyl (C=O) groups excluding carboxylic acids is 1. The molecule has 0 bridgehead atoms. The van der Waals surface area contributed by atoms with Crippen molar-refractivity contribution in [2.75, 3.05) is 5.75 Å². The van der Waals surface area contributed by atoms with Gasteiger partial charge in [-0.15, -0.1) is 0 Å². The lowest BCUT2D eigenvalue weighted by molar-refractivity contribution is -0.109. The minimum atomic E-state index is 0.237. The van der Waals surface area contributed by atoms with Gasteiger partial charge < -0.3 is 0 Å². The van der Waals surface area contributed by atoms with E-state index in [2.05, 4.69) is 26.8 Å². The predicted octanol–water partition coefficient (Wildman–Crippen LogP) is 4.04. The molecule has 82 valence electrons. The largest absolute Gasteiger partial charge is 0.288 e. The van der Waals surface area contributed by atoms with E-state index in [1.807, 2.05) is 0 Å². The van der Waals surface area contributed by atoms with Crippen molar-refractivity contribution in [2.24, 2.45) is 5.92 Å². The number of carbonyl (C=O) groups is 1. The molecule has 0 spiro atoms. The molecule has 0 aromatic rings. The smallest absolute Gasteiger partial charge is 0.185 e. The van der Waals surface area contributed by atoms with E-state index in [9.17, 15) is 4.79 Å². The molecule has 0 aliphatic heterocycles. The summed E-state index contributed by atoms with van der Waals surface area (Å²) in [5.41, 5.74) is 1.40. The summed E-state index contributed by atoms with van der Waals surface area (Å²) in [5, 5.41) is 0.237. The first-order chi connectivity index (χ1) is 6.52. The standard InChI is InChI=1S/C12H22OS/c1-10(2)6-5-7-11(3)8-9-14-12(4)13/h6,11H,5,7-9H2,1-4H3. The van der Waals surface area contributed by atoms with Gasteiger partial charge in [0.15, 0.2) is 5.12 Å². The van der Waals surface area contributed by atoms with E-state index < -0.39 is 0 Å². The first kappa shape index (κ1) is 13.8. The Morgan fingerprint density at radius 1 is 1.29 bits per heavy atom. The molecule has 0 heterocycles. The van der Waals surface area contributed by atoms with Crippen LogP contribution in [0, 0.1) is 5.92 Å². The quantitative estimate of drug-likeness (QED) is 0.621. The summed E-state index contributed by atoms with van der Waals surface area (Å²) in [4.78, 5) is 10.7. The molecule has 0 N–H and O–H groups in total. The molecule has 1 unspecified atom stereocenters. The van der Waals surface area contributed by atoms with E-state index >= 15 is 0 Å². The monoisotopic (exact) mass is 214 g/mol. The van der Waals surface area contributed by atoms with Gasteiger partial charge in [-0.3, -0.25) is 4.79 Å². The van der Waals surface area contributed by atoms with Gasteiger partial charge in [0.05, 0.1) is 0 Å². The van der Waals surface area contributed by atoms with Gasteiger partial charge in [0, 0.05) is 12.7 Å². The van der Waals surface area contributed by atoms with E-state index in [-0.39, 0.29) is 5.12 Å². The Morgan fingerprint density at radius 2 is 1.93 bits per heavy atom. The molecule has 0 saturated heterocycles. The summed E-state index contributed by atoms with van der Waals surface area (Å²) >= 11 is 1.45. The Morgan fingerprint density at radius 3 is 2.43 bits per heavy atom. The maximum Gasteiger partial charge on any atom is 0.185 e. The fourth-order valence-electron chi connectivity index (χ4n) is 1.20. The molecule has 1 atom stereocenters. The van der Waals surface area contributed by atoms with E-state index in [1.54, 1.807) is 6.92 Å². The molecule has 0 aliphatic carbocycles. The zero-order chi connectivity index (χ0) is 11.0. The third kappa shape index (κ3) is 9.85. The number of hydrogen-bond acceptors (Lipinski definition) is 2. The lowest BCUT2D eigenvalue weighted by atomic mass is 10.0. The third-order valence-corrected chi connectivity index (χ3v) is 2.97. The topological polar surface area (TPSA) is 17.1 Å². The van der Waals surface area contributed by atoms with Crippen molar-refractivity contribution in [1.82, 2.24) is 0 Å². The van der Waals surface area contributed by atoms with Crippen LogP contribution in [0.1, 0.15) is 47.0 Å². The van der Waals surface area contributed by atoms with E-state index in [4.69, 9.17) is 0 Å². The van der Waals surface area contributed by atoms with Crippen LogP contribution < -0.4 is 0 Å². The highest BCUT2D eigenvalue weighted by Crippen LogP contribution is 2.15. The normalized spacial score (nSPS) is 12.3. The highest BCUT2D eigenvalue weighted by atomic mass is 32.2. The molecule has 14 heavy (non-hydrogen) atoms. The lowest BCUT2D eigenvalue weighted by Gasteiger charge is -2.08. The molecule has 0 rings (SSSR count). The predicted molar refractivity (Wildman–Crippen MR) is 65.6 cm³/mol. The Balaban J connectivity index is 3.41. The minimum absolute atomic E-state index is 0.237. The van der Waals surface area contributed by atoms with Gasteiger partial charge in [-0.25, -0.2) is 0 Å². The number of thioether (sulfide) groups is 1. The molecule has 0 amide bonds. The molecule has 0 fully saturated rings. The van der Waals surface area contributed by atoms with Crippen molar-refractivity contribution in [3.63, 3.8) is 0 Å². The van der Waals surface area contributed by atoms with E-state index in [0.717, 1.165) is 18.1 Å². The van der Waals surface area contributed by atoms with Crippen LogP contribution in [-0.4, -0.2) is 10.9 Å². The van der Waals surface area contributed by atoms with Gasteiger partial charge in [-0.05, 0) is 39.0 Å². The molecule has 0 aromatic heterocycles. The van der Waals surface area contributed by atoms with Gasteiger partial charge >= 0.3 is 0 Å². The second-order valence-corrected chi connectivity index (χ2v) is 5.36. The molecule has 0 aliphatic rings. The summed E-state index contributed by atoms with van der Waals surface area (Å²) in [6.45, 7) is 8.17. The van der Waals surface area contributed by atoms with Crippen molar-refractivity contribution >= 4 is 16.9 Å². The van der Waals surface area contributed by atoms with Crippen LogP contribution in [0.4, 0.5) is 0 Å². The average molecular weight is 214 g/mol. The summed E-state index contributed by atoms with van der Waals surface area (Å²) in [7, 11) is 0. The zero-order valence-corrected chi connectivity index (χ0v) is 10.6. The average Bonchev–Trinajstić information content (AvgIpc) is 2.02. The van der Waals surface area contributed by atoms with Crippen molar-refractivity contribution in [3.8, 4) is 0 Å². The molecule has 2 heteroatoms. The summed E-state index contributed by atoms with van der Waals surface area (Å²) in [5.74, 6) is 1.71. The van der Waals surface area contributed by atoms with Crippen LogP contribution in [0.15, 0.2) is 11.6 Å². The van der Waals surface area contributed by atoms with E-state index in [1.165, 1.54) is 30.2 Å². The van der Waals surface area contributed by atoms with Crippen LogP contribution in [-0.2, 0) is 4.79 Å². The Bertz CT molecular complexity index is 192. The van der Waals surface area contributed by atoms with Gasteiger partial charge in [0.1, 0.15) is 0 Å². The third-order valence-electron chi connectivity index (χ3n) is 2.13. The molecule has 0 saturated carbocycles. The molecule has 1 nitrogen and oxygen atoms in total. The second-order valence-electron chi connectivity index (χ2n) is 4.09. The first-order valence-corrected chi connectivity index (χ1v) is 6.27. The Hall–Kier alpha value is -0.240. The van der Waals surface area contributed by atoms with Gasteiger partial charge in [-0.2, -0.15) is 0 Å². The number of hydrogen-bond donors (Lipinski definition) is 0. The van der Waals surface area contributed by atoms with Crippen molar-refractivity contribution in [1.29, 1.82) is 0 Å². The van der Waals surface area contributed by atoms with E-state index in [0.29, 0.717) is 0 Å². The summed E-state index contributed by atoms with van der Waals surface area (Å²) in [6.07, 6.45) is 5.85. The van der Waals surface area contributed by atoms with Crippen LogP contribution in [0.5, 0.6) is 0 Å². The number of allylic oxidation sites excluding steroid dienone is 2. The highest BCUT2D eigenvalue weighted by Gasteiger charge is 2.02. The lowest BCUT2D eigenvalue weighted by Crippen LogP contribution is -1.97. The SMILES string of the molecule is CC(=O)SCCC(C)CCC=C(C)C. The van der Waals surface area contributed by atoms with Crippen molar-refractivity contribution in [3.05, 3.63) is 11.6 Å². The van der Waals surface area contributed by atoms with Crippen LogP contribution in [0.25, 0.3) is 0 Å². The summed E-state index contributed by atoms with van der Waals surface area (Å²) < 4.78 is 0.